The van der Waals surface area contributed by atoms with E-state index in [-0.39, 0.29) is 24.8 Å². The molecule has 3 aromatic rings. The summed E-state index contributed by atoms with van der Waals surface area (Å²) < 4.78 is 21.2. The summed E-state index contributed by atoms with van der Waals surface area (Å²) in [4.78, 5) is 31.7. The van der Waals surface area contributed by atoms with Crippen molar-refractivity contribution in [1.82, 2.24) is 15.2 Å². The van der Waals surface area contributed by atoms with Gasteiger partial charge in [-0.15, -0.1) is 0 Å². The van der Waals surface area contributed by atoms with Gasteiger partial charge in [0.25, 0.3) is 0 Å². The number of rotatable bonds is 5. The van der Waals surface area contributed by atoms with Crippen LogP contribution in [-0.2, 0) is 16.1 Å². The average molecular weight is 549 g/mol. The standard InChI is InChI=1S/C29H31FN4O4.C2H6/c1-29(37)17-33(14-18-2-4-19(5-3-18)20-15-38-16-20)10-8-24(29)22-6-7-25-23(27(22)30)12-21(13-31-25)34-11-9-26(35)32-28(34)36;1-2/h2-7,12-13,20,24,37H,8-11,14-17H2,1H3,(H,32,35,36);1-2H3. The summed E-state index contributed by atoms with van der Waals surface area (Å²) in [6.45, 7) is 9.43. The molecule has 0 saturated carbocycles. The zero-order valence-electron chi connectivity index (χ0n) is 23.3. The van der Waals surface area contributed by atoms with Gasteiger partial charge in [0.2, 0.25) is 5.91 Å². The first kappa shape index (κ1) is 28.1. The summed E-state index contributed by atoms with van der Waals surface area (Å²) in [5, 5.41) is 14.1. The van der Waals surface area contributed by atoms with E-state index in [2.05, 4.69) is 39.5 Å². The fraction of sp³-hybridized carbons (Fsp3) is 0.452. The van der Waals surface area contributed by atoms with E-state index in [1.807, 2.05) is 13.8 Å². The topological polar surface area (TPSA) is 95.0 Å². The minimum absolute atomic E-state index is 0.174. The molecular formula is C31H37FN4O4. The van der Waals surface area contributed by atoms with E-state index in [4.69, 9.17) is 4.74 Å². The number of carbonyl (C=O) groups excluding carboxylic acids is 2. The molecular weight excluding hydrogens is 511 g/mol. The van der Waals surface area contributed by atoms with Gasteiger partial charge in [0.15, 0.2) is 0 Å². The van der Waals surface area contributed by atoms with Crippen LogP contribution in [0, 0.1) is 5.82 Å². The Labute approximate surface area is 234 Å². The van der Waals surface area contributed by atoms with Crippen LogP contribution in [0.15, 0.2) is 48.7 Å². The van der Waals surface area contributed by atoms with Crippen LogP contribution in [-0.4, -0.2) is 65.4 Å². The van der Waals surface area contributed by atoms with Crippen LogP contribution in [0.5, 0.6) is 0 Å². The SMILES string of the molecule is CC.CC1(O)CN(Cc2ccc(C3COC3)cc2)CCC1c1ccc2ncc(N3CCC(=O)NC3=O)cc2c1F. The Morgan fingerprint density at radius 3 is 2.52 bits per heavy atom. The van der Waals surface area contributed by atoms with Gasteiger partial charge in [0.05, 0.1) is 36.2 Å². The number of hydrogen-bond acceptors (Lipinski definition) is 6. The van der Waals surface area contributed by atoms with Gasteiger partial charge in [-0.25, -0.2) is 9.18 Å². The molecule has 3 aliphatic rings. The Bertz CT molecular complexity index is 1390. The zero-order valence-corrected chi connectivity index (χ0v) is 23.3. The Morgan fingerprint density at radius 2 is 1.88 bits per heavy atom. The molecule has 0 aliphatic carbocycles. The molecule has 3 saturated heterocycles. The number of hydrogen-bond donors (Lipinski definition) is 2. The average Bonchev–Trinajstić information content (AvgIpc) is 2.90. The maximum absolute atomic E-state index is 15.9. The van der Waals surface area contributed by atoms with Gasteiger partial charge in [-0.1, -0.05) is 44.2 Å². The van der Waals surface area contributed by atoms with Crippen molar-refractivity contribution in [2.24, 2.45) is 0 Å². The second-order valence-electron chi connectivity index (χ2n) is 10.9. The quantitative estimate of drug-likeness (QED) is 0.480. The van der Waals surface area contributed by atoms with Crippen LogP contribution < -0.4 is 10.2 Å². The van der Waals surface area contributed by atoms with Crippen LogP contribution in [0.25, 0.3) is 10.9 Å². The summed E-state index contributed by atoms with van der Waals surface area (Å²) in [7, 11) is 0. The molecule has 0 spiro atoms. The smallest absolute Gasteiger partial charge is 0.328 e. The van der Waals surface area contributed by atoms with Crippen molar-refractivity contribution in [1.29, 1.82) is 0 Å². The summed E-state index contributed by atoms with van der Waals surface area (Å²) in [6, 6.07) is 13.1. The first-order valence-electron chi connectivity index (χ1n) is 14.1. The van der Waals surface area contributed by atoms with Gasteiger partial charge in [-0.05, 0) is 48.7 Å². The van der Waals surface area contributed by atoms with Crippen molar-refractivity contribution in [3.8, 4) is 0 Å². The van der Waals surface area contributed by atoms with Gasteiger partial charge < -0.3 is 9.84 Å². The van der Waals surface area contributed by atoms with Crippen LogP contribution in [0.2, 0.25) is 0 Å². The maximum Gasteiger partial charge on any atom is 0.328 e. The normalized spacial score (nSPS) is 23.8. The molecule has 8 nitrogen and oxygen atoms in total. The van der Waals surface area contributed by atoms with E-state index in [0.717, 1.165) is 26.3 Å². The summed E-state index contributed by atoms with van der Waals surface area (Å²) in [5.41, 5.74) is 2.69. The monoisotopic (exact) mass is 548 g/mol. The highest BCUT2D eigenvalue weighted by Gasteiger charge is 2.40. The van der Waals surface area contributed by atoms with Gasteiger partial charge in [-0.2, -0.15) is 0 Å². The first-order chi connectivity index (χ1) is 19.3. The minimum Gasteiger partial charge on any atom is -0.388 e. The molecule has 0 bridgehead atoms. The fourth-order valence-corrected chi connectivity index (χ4v) is 5.87. The predicted molar refractivity (Wildman–Crippen MR) is 152 cm³/mol. The third-order valence-corrected chi connectivity index (χ3v) is 8.08. The Kier molecular flexibility index (Phi) is 8.16. The third-order valence-electron chi connectivity index (χ3n) is 8.08. The second kappa shape index (κ2) is 11.6. The lowest BCUT2D eigenvalue weighted by atomic mass is 9.77. The van der Waals surface area contributed by atoms with Crippen molar-refractivity contribution in [3.63, 3.8) is 0 Å². The Hall–Kier alpha value is -3.40. The lowest BCUT2D eigenvalue weighted by Crippen LogP contribution is -2.50. The highest BCUT2D eigenvalue weighted by atomic mass is 19.1. The number of β-amino-alcohol motifs (C(OH)–C–C–N with tert-alkyl or cyclic N) is 1. The van der Waals surface area contributed by atoms with Crippen LogP contribution in [0.1, 0.15) is 62.1 Å². The number of pyridine rings is 1. The molecule has 3 aliphatic heterocycles. The highest BCUT2D eigenvalue weighted by molar-refractivity contribution is 6.06. The number of imide groups is 1. The van der Waals surface area contributed by atoms with Gasteiger partial charge in [0, 0.05) is 43.3 Å². The lowest BCUT2D eigenvalue weighted by molar-refractivity contribution is -0.120. The predicted octanol–water partition coefficient (Wildman–Crippen LogP) is 4.70. The molecule has 2 N–H and O–H groups in total. The van der Waals surface area contributed by atoms with Crippen LogP contribution >= 0.6 is 0 Å². The largest absolute Gasteiger partial charge is 0.388 e. The molecule has 212 valence electrons. The number of halogens is 1. The molecule has 6 rings (SSSR count). The number of amides is 3. The number of piperidine rings is 1. The van der Waals surface area contributed by atoms with Crippen molar-refractivity contribution < 1.29 is 23.8 Å². The molecule has 3 fully saturated rings. The molecule has 0 radical (unpaired) electrons. The number of anilines is 1. The van der Waals surface area contributed by atoms with Crippen molar-refractivity contribution in [3.05, 3.63) is 71.2 Å². The van der Waals surface area contributed by atoms with E-state index < -0.39 is 17.4 Å². The summed E-state index contributed by atoms with van der Waals surface area (Å²) >= 11 is 0. The lowest BCUT2D eigenvalue weighted by Gasteiger charge is -2.43. The number of nitrogens with zero attached hydrogens (tertiary/aromatic N) is 3. The van der Waals surface area contributed by atoms with E-state index in [0.29, 0.717) is 41.0 Å². The number of ether oxygens (including phenoxy) is 1. The molecule has 9 heteroatoms. The molecule has 4 heterocycles. The second-order valence-corrected chi connectivity index (χ2v) is 10.9. The molecule has 1 aromatic heterocycles. The van der Waals surface area contributed by atoms with E-state index in [1.165, 1.54) is 22.2 Å². The number of likely N-dealkylation sites (tertiary alicyclic amines) is 1. The Morgan fingerprint density at radius 1 is 1.12 bits per heavy atom. The highest BCUT2D eigenvalue weighted by Crippen LogP contribution is 2.39. The Balaban J connectivity index is 0.00000158. The van der Waals surface area contributed by atoms with Gasteiger partial charge in [-0.3, -0.25) is 24.9 Å². The van der Waals surface area contributed by atoms with Crippen molar-refractivity contribution in [2.75, 3.05) is 37.7 Å². The van der Waals surface area contributed by atoms with Crippen LogP contribution in [0.3, 0.4) is 0 Å². The number of nitrogens with one attached hydrogen (secondary N) is 1. The third kappa shape index (κ3) is 5.59. The molecule has 2 unspecified atom stereocenters. The van der Waals surface area contributed by atoms with Crippen molar-refractivity contribution >= 4 is 28.5 Å². The zero-order chi connectivity index (χ0) is 28.4. The number of benzene rings is 2. The number of aromatic nitrogens is 1. The van der Waals surface area contributed by atoms with E-state index >= 15 is 4.39 Å². The molecule has 3 amide bonds. The summed E-state index contributed by atoms with van der Waals surface area (Å²) in [5.74, 6) is -0.656. The number of aliphatic hydroxyl groups is 1. The summed E-state index contributed by atoms with van der Waals surface area (Å²) in [6.07, 6.45) is 2.29. The van der Waals surface area contributed by atoms with E-state index in [9.17, 15) is 14.7 Å². The number of fused-ring (bicyclic) bond motifs is 1. The maximum atomic E-state index is 15.9. The number of carbonyl (C=O) groups is 2. The number of urea groups is 1. The van der Waals surface area contributed by atoms with Crippen LogP contribution in [0.4, 0.5) is 14.9 Å². The molecule has 40 heavy (non-hydrogen) atoms. The van der Waals surface area contributed by atoms with Crippen molar-refractivity contribution in [2.45, 2.75) is 57.6 Å². The molecule has 2 atom stereocenters. The van der Waals surface area contributed by atoms with Gasteiger partial charge >= 0.3 is 6.03 Å². The first-order valence-corrected chi connectivity index (χ1v) is 14.1. The molecule has 2 aromatic carbocycles. The fourth-order valence-electron chi connectivity index (χ4n) is 5.87. The van der Waals surface area contributed by atoms with E-state index in [1.54, 1.807) is 25.1 Å². The minimum atomic E-state index is -1.13. The van der Waals surface area contributed by atoms with Gasteiger partial charge in [0.1, 0.15) is 5.82 Å².